The Morgan fingerprint density at radius 1 is 1.30 bits per heavy atom. The Balaban J connectivity index is 1.56. The fourth-order valence-electron chi connectivity index (χ4n) is 6.10. The summed E-state index contributed by atoms with van der Waals surface area (Å²) in [6.45, 7) is 5.78. The fraction of sp³-hybridized carbons (Fsp3) is 0.636. The zero-order valence-electron chi connectivity index (χ0n) is 17.8. The molecule has 8 heteroatoms. The number of nitrogens with zero attached hydrogens (tertiary/aromatic N) is 2. The van der Waals surface area contributed by atoms with Gasteiger partial charge in [0.05, 0.1) is 4.75 Å². The van der Waals surface area contributed by atoms with E-state index in [1.165, 1.54) is 0 Å². The molecule has 0 aromatic heterocycles. The zero-order chi connectivity index (χ0) is 21.7. The Morgan fingerprint density at radius 3 is 2.53 bits per heavy atom. The van der Waals surface area contributed by atoms with E-state index in [1.54, 1.807) is 0 Å². The van der Waals surface area contributed by atoms with Crippen LogP contribution in [0, 0.1) is 36.1 Å². The van der Waals surface area contributed by atoms with Gasteiger partial charge in [0.1, 0.15) is 5.75 Å². The number of nitriles is 1. The number of hydrogen-bond donors (Lipinski definition) is 2. The first kappa shape index (κ1) is 21.1. The zero-order valence-corrected chi connectivity index (χ0v) is 18.6. The van der Waals surface area contributed by atoms with Crippen molar-refractivity contribution in [1.82, 2.24) is 5.32 Å². The first-order valence-electron chi connectivity index (χ1n) is 10.5. The maximum absolute atomic E-state index is 12.4. The van der Waals surface area contributed by atoms with E-state index in [2.05, 4.69) is 10.3 Å². The number of sulfonamides is 1. The molecule has 4 fully saturated rings. The molecule has 2 atom stereocenters. The highest BCUT2D eigenvalue weighted by Gasteiger charge is 2.60. The third kappa shape index (κ3) is 3.69. The van der Waals surface area contributed by atoms with Gasteiger partial charge in [-0.05, 0) is 88.3 Å². The number of primary sulfonamides is 1. The lowest BCUT2D eigenvalue weighted by molar-refractivity contribution is 0.00436. The summed E-state index contributed by atoms with van der Waals surface area (Å²) < 4.78 is 30.2. The number of aryl methyl sites for hydroxylation is 1. The highest BCUT2D eigenvalue weighted by Crippen LogP contribution is 2.58. The fourth-order valence-corrected chi connectivity index (χ4v) is 7.46. The summed E-state index contributed by atoms with van der Waals surface area (Å²) in [4.78, 5) is 4.08. The maximum Gasteiger partial charge on any atom is 0.214 e. The standard InChI is InChI=1S/C22H30N4O3S/c1-14-5-4-6-18(7-14)29-21(2,3)20(25-13-23)26-19-16-8-15-9-17(19)12-22(10-15,11-16)30(24,27)28/h4-7,15-17,19H,8-12H2,1-3H3,(H,25,26)(H2,24,27,28). The largest absolute Gasteiger partial charge is 0.480 e. The summed E-state index contributed by atoms with van der Waals surface area (Å²) in [5.41, 5.74) is 0.250. The van der Waals surface area contributed by atoms with Crippen molar-refractivity contribution in [1.29, 1.82) is 5.26 Å². The van der Waals surface area contributed by atoms with Gasteiger partial charge in [-0.15, -0.1) is 0 Å². The van der Waals surface area contributed by atoms with Gasteiger partial charge in [0.25, 0.3) is 0 Å². The molecule has 0 amide bonds. The van der Waals surface area contributed by atoms with Crippen molar-refractivity contribution < 1.29 is 13.2 Å². The second kappa shape index (κ2) is 7.24. The van der Waals surface area contributed by atoms with Gasteiger partial charge in [-0.3, -0.25) is 0 Å². The second-order valence-electron chi connectivity index (χ2n) is 9.86. The van der Waals surface area contributed by atoms with E-state index in [1.807, 2.05) is 51.2 Å². The molecular formula is C22H30N4O3S. The van der Waals surface area contributed by atoms with E-state index in [-0.39, 0.29) is 17.9 Å². The van der Waals surface area contributed by atoms with Crippen molar-refractivity contribution in [3.8, 4) is 11.9 Å². The molecule has 4 saturated carbocycles. The van der Waals surface area contributed by atoms with E-state index in [9.17, 15) is 13.7 Å². The molecule has 0 spiro atoms. The number of ether oxygens (including phenoxy) is 1. The molecule has 30 heavy (non-hydrogen) atoms. The topological polar surface area (TPSA) is 118 Å². The highest BCUT2D eigenvalue weighted by atomic mass is 32.2. The molecule has 7 nitrogen and oxygen atoms in total. The Morgan fingerprint density at radius 2 is 1.97 bits per heavy atom. The lowest BCUT2D eigenvalue weighted by Crippen LogP contribution is -2.66. The Bertz CT molecular complexity index is 995. The highest BCUT2D eigenvalue weighted by molar-refractivity contribution is 7.90. The predicted molar refractivity (Wildman–Crippen MR) is 115 cm³/mol. The first-order chi connectivity index (χ1) is 14.0. The minimum atomic E-state index is -3.59. The van der Waals surface area contributed by atoms with Crippen molar-refractivity contribution in [3.63, 3.8) is 0 Å². The number of aliphatic imine (C=N–C) groups is 1. The number of nitrogens with two attached hydrogens (primary N) is 1. The first-order valence-corrected chi connectivity index (χ1v) is 12.1. The minimum absolute atomic E-state index is 0.0731. The molecule has 4 aliphatic rings. The van der Waals surface area contributed by atoms with E-state index in [4.69, 9.17) is 9.88 Å². The van der Waals surface area contributed by atoms with Gasteiger partial charge in [-0.2, -0.15) is 10.3 Å². The third-order valence-electron chi connectivity index (χ3n) is 7.22. The summed E-state index contributed by atoms with van der Waals surface area (Å²) in [7, 11) is -3.59. The number of amidine groups is 1. The van der Waals surface area contributed by atoms with Crippen LogP contribution in [0.25, 0.3) is 0 Å². The third-order valence-corrected chi connectivity index (χ3v) is 8.93. The van der Waals surface area contributed by atoms with Crippen LogP contribution < -0.4 is 15.2 Å². The van der Waals surface area contributed by atoms with Crippen molar-refractivity contribution in [2.75, 3.05) is 0 Å². The van der Waals surface area contributed by atoms with E-state index < -0.39 is 20.4 Å². The molecule has 5 rings (SSSR count). The Kier molecular flexibility index (Phi) is 5.10. The SMILES string of the molecule is Cc1cccc(OC(C)(C)/C(=N\C#N)NC2C3CC4CC2CC(S(N)(=O)=O)(C4)C3)c1. The van der Waals surface area contributed by atoms with Gasteiger partial charge in [-0.25, -0.2) is 13.6 Å². The van der Waals surface area contributed by atoms with Crippen molar-refractivity contribution in [2.24, 2.45) is 27.9 Å². The number of nitrogens with one attached hydrogen (secondary N) is 1. The van der Waals surface area contributed by atoms with Crippen LogP contribution in [0.5, 0.6) is 5.75 Å². The Labute approximate surface area is 178 Å². The van der Waals surface area contributed by atoms with Gasteiger partial charge in [-0.1, -0.05) is 12.1 Å². The molecule has 0 saturated heterocycles. The van der Waals surface area contributed by atoms with Gasteiger partial charge < -0.3 is 10.1 Å². The average Bonchev–Trinajstić information content (AvgIpc) is 2.62. The van der Waals surface area contributed by atoms with Crippen molar-refractivity contribution in [3.05, 3.63) is 29.8 Å². The van der Waals surface area contributed by atoms with Crippen LogP contribution in [-0.4, -0.2) is 30.6 Å². The molecule has 4 aliphatic carbocycles. The van der Waals surface area contributed by atoms with E-state index >= 15 is 0 Å². The normalized spacial score (nSPS) is 33.2. The average molecular weight is 431 g/mol. The van der Waals surface area contributed by atoms with Crippen LogP contribution in [0.4, 0.5) is 0 Å². The monoisotopic (exact) mass is 430 g/mol. The van der Waals surface area contributed by atoms with Crippen molar-refractivity contribution >= 4 is 15.9 Å². The summed E-state index contributed by atoms with van der Waals surface area (Å²) >= 11 is 0. The number of benzene rings is 1. The van der Waals surface area contributed by atoms with E-state index in [0.29, 0.717) is 36.8 Å². The molecule has 3 N–H and O–H groups in total. The lowest BCUT2D eigenvalue weighted by Gasteiger charge is -2.59. The van der Waals surface area contributed by atoms with Gasteiger partial charge in [0.15, 0.2) is 11.4 Å². The van der Waals surface area contributed by atoms with Crippen LogP contribution in [0.2, 0.25) is 0 Å². The number of rotatable bonds is 5. The predicted octanol–water partition coefficient (Wildman–Crippen LogP) is 2.86. The summed E-state index contributed by atoms with van der Waals surface area (Å²) in [5.74, 6) is 2.01. The summed E-state index contributed by atoms with van der Waals surface area (Å²) in [6, 6.07) is 7.84. The molecule has 4 bridgehead atoms. The van der Waals surface area contributed by atoms with Crippen LogP contribution in [-0.2, 0) is 10.0 Å². The van der Waals surface area contributed by atoms with Gasteiger partial charge in [0.2, 0.25) is 16.2 Å². The van der Waals surface area contributed by atoms with Crippen molar-refractivity contribution in [2.45, 2.75) is 69.3 Å². The van der Waals surface area contributed by atoms with Crippen LogP contribution in [0.1, 0.15) is 51.5 Å². The summed E-state index contributed by atoms with van der Waals surface area (Å²) in [6.07, 6.45) is 5.73. The van der Waals surface area contributed by atoms with Crippen LogP contribution >= 0.6 is 0 Å². The lowest BCUT2D eigenvalue weighted by atomic mass is 9.53. The van der Waals surface area contributed by atoms with Gasteiger partial charge in [0, 0.05) is 6.04 Å². The molecule has 2 unspecified atom stereocenters. The molecular weight excluding hydrogens is 400 g/mol. The molecule has 0 radical (unpaired) electrons. The maximum atomic E-state index is 12.4. The molecule has 1 aromatic carbocycles. The molecule has 1 aromatic rings. The second-order valence-corrected chi connectivity index (χ2v) is 11.8. The molecule has 0 heterocycles. The Hall–Kier alpha value is -2.11. The smallest absolute Gasteiger partial charge is 0.214 e. The quantitative estimate of drug-likeness (QED) is 0.423. The molecule has 0 aliphatic heterocycles. The van der Waals surface area contributed by atoms with Crippen LogP contribution in [0.15, 0.2) is 29.3 Å². The summed E-state index contributed by atoms with van der Waals surface area (Å²) in [5, 5.41) is 18.5. The number of hydrogen-bond acceptors (Lipinski definition) is 5. The minimum Gasteiger partial charge on any atom is -0.480 e. The van der Waals surface area contributed by atoms with Gasteiger partial charge >= 0.3 is 0 Å². The van der Waals surface area contributed by atoms with Crippen LogP contribution in [0.3, 0.4) is 0 Å². The molecule has 162 valence electrons. The van der Waals surface area contributed by atoms with E-state index in [0.717, 1.165) is 18.4 Å².